The van der Waals surface area contributed by atoms with Gasteiger partial charge in [-0.2, -0.15) is 5.26 Å². The molecule has 2 N–H and O–H groups in total. The van der Waals surface area contributed by atoms with Gasteiger partial charge >= 0.3 is 5.63 Å². The molecular formula is C20H14N2O3S. The van der Waals surface area contributed by atoms with E-state index in [9.17, 15) is 10.1 Å². The van der Waals surface area contributed by atoms with Crippen molar-refractivity contribution in [3.63, 3.8) is 0 Å². The lowest BCUT2D eigenvalue weighted by atomic mass is 9.84. The molecule has 6 heteroatoms. The SMILES string of the molecule is CSc1ccc([C@@H]2C(C#N)=C(N)Oc3c2c(=O)oc2ccccc32)cc1. The quantitative estimate of drug-likeness (QED) is 0.552. The maximum absolute atomic E-state index is 12.7. The molecule has 2 heterocycles. The summed E-state index contributed by atoms with van der Waals surface area (Å²) in [5.74, 6) is -0.262. The summed E-state index contributed by atoms with van der Waals surface area (Å²) in [5, 5.41) is 10.3. The first-order valence-corrected chi connectivity index (χ1v) is 9.13. The highest BCUT2D eigenvalue weighted by molar-refractivity contribution is 7.98. The zero-order chi connectivity index (χ0) is 18.3. The molecule has 0 fully saturated rings. The number of ether oxygens (including phenoxy) is 1. The van der Waals surface area contributed by atoms with Crippen molar-refractivity contribution in [2.24, 2.45) is 5.73 Å². The summed E-state index contributed by atoms with van der Waals surface area (Å²) in [4.78, 5) is 13.8. The van der Waals surface area contributed by atoms with Crippen LogP contribution in [0.2, 0.25) is 0 Å². The molecule has 3 aromatic rings. The molecule has 0 saturated heterocycles. The minimum atomic E-state index is -0.625. The average molecular weight is 362 g/mol. The standard InChI is InChI=1S/C20H14N2O3S/c1-26-12-8-6-11(7-9-12)16-14(10-21)19(22)25-18-13-4-2-3-5-15(13)24-20(23)17(16)18/h2-9,16H,22H2,1H3/t16-/m1/s1. The van der Waals surface area contributed by atoms with E-state index in [0.29, 0.717) is 22.3 Å². The molecular weight excluding hydrogens is 348 g/mol. The molecule has 0 saturated carbocycles. The van der Waals surface area contributed by atoms with Crippen molar-refractivity contribution < 1.29 is 9.15 Å². The molecule has 0 aliphatic carbocycles. The van der Waals surface area contributed by atoms with Gasteiger partial charge < -0.3 is 14.9 Å². The van der Waals surface area contributed by atoms with Crippen LogP contribution in [0.5, 0.6) is 5.75 Å². The van der Waals surface area contributed by atoms with Crippen LogP contribution in [0.15, 0.2) is 74.1 Å². The highest BCUT2D eigenvalue weighted by Gasteiger charge is 2.35. The van der Waals surface area contributed by atoms with E-state index in [1.165, 1.54) is 0 Å². The molecule has 2 aromatic carbocycles. The van der Waals surface area contributed by atoms with Crippen molar-refractivity contribution in [1.82, 2.24) is 0 Å². The van der Waals surface area contributed by atoms with Gasteiger partial charge in [0.2, 0.25) is 5.88 Å². The summed E-state index contributed by atoms with van der Waals surface area (Å²) in [5.41, 5.74) is 7.20. The Labute approximate surface area is 153 Å². The van der Waals surface area contributed by atoms with Gasteiger partial charge in [-0.25, -0.2) is 4.79 Å². The second-order valence-corrected chi connectivity index (χ2v) is 6.71. The van der Waals surface area contributed by atoms with E-state index in [1.807, 2.05) is 36.6 Å². The van der Waals surface area contributed by atoms with E-state index >= 15 is 0 Å². The lowest BCUT2D eigenvalue weighted by Gasteiger charge is -2.26. The minimum Gasteiger partial charge on any atom is -0.439 e. The molecule has 0 unspecified atom stereocenters. The van der Waals surface area contributed by atoms with E-state index in [0.717, 1.165) is 10.5 Å². The number of nitrogens with zero attached hydrogens (tertiary/aromatic N) is 1. The fourth-order valence-electron chi connectivity index (χ4n) is 3.20. The molecule has 1 aliphatic rings. The van der Waals surface area contributed by atoms with Gasteiger partial charge in [-0.15, -0.1) is 11.8 Å². The number of nitriles is 1. The van der Waals surface area contributed by atoms with Gasteiger partial charge in [-0.3, -0.25) is 0 Å². The first kappa shape index (κ1) is 16.3. The second kappa shape index (κ2) is 6.28. The van der Waals surface area contributed by atoms with Gasteiger partial charge in [0, 0.05) is 4.90 Å². The van der Waals surface area contributed by atoms with Crippen molar-refractivity contribution in [3.05, 3.63) is 81.5 Å². The Morgan fingerprint density at radius 3 is 2.58 bits per heavy atom. The number of thioether (sulfide) groups is 1. The highest BCUT2D eigenvalue weighted by Crippen LogP contribution is 2.43. The molecule has 5 nitrogen and oxygen atoms in total. The number of allylic oxidation sites excluding steroid dienone is 1. The Balaban J connectivity index is 2.03. The van der Waals surface area contributed by atoms with Gasteiger partial charge in [0.25, 0.3) is 0 Å². The molecule has 0 spiro atoms. The third-order valence-corrected chi connectivity index (χ3v) is 5.17. The van der Waals surface area contributed by atoms with Crippen LogP contribution in [-0.2, 0) is 0 Å². The number of rotatable bonds is 2. The number of para-hydroxylation sites is 1. The Hall–Kier alpha value is -3.17. The predicted octanol–water partition coefficient (Wildman–Crippen LogP) is 3.73. The number of nitrogens with two attached hydrogens (primary N) is 1. The maximum atomic E-state index is 12.7. The fourth-order valence-corrected chi connectivity index (χ4v) is 3.60. The van der Waals surface area contributed by atoms with Gasteiger partial charge in [0.05, 0.1) is 16.9 Å². The van der Waals surface area contributed by atoms with Gasteiger partial charge in [-0.1, -0.05) is 24.3 Å². The van der Waals surface area contributed by atoms with Crippen LogP contribution in [0, 0.1) is 11.3 Å². The summed E-state index contributed by atoms with van der Waals surface area (Å²) in [6.45, 7) is 0. The molecule has 1 atom stereocenters. The summed E-state index contributed by atoms with van der Waals surface area (Å²) in [7, 11) is 0. The summed E-state index contributed by atoms with van der Waals surface area (Å²) >= 11 is 1.62. The number of benzene rings is 2. The normalized spacial score (nSPS) is 16.1. The Morgan fingerprint density at radius 1 is 1.15 bits per heavy atom. The lowest BCUT2D eigenvalue weighted by Crippen LogP contribution is -2.26. The summed E-state index contributed by atoms with van der Waals surface area (Å²) in [6, 6.07) is 16.9. The zero-order valence-corrected chi connectivity index (χ0v) is 14.7. The van der Waals surface area contributed by atoms with Gasteiger partial charge in [0.1, 0.15) is 17.2 Å². The Kier molecular flexibility index (Phi) is 3.94. The average Bonchev–Trinajstić information content (AvgIpc) is 2.67. The van der Waals surface area contributed by atoms with Crippen molar-refractivity contribution in [1.29, 1.82) is 5.26 Å². The Morgan fingerprint density at radius 2 is 1.88 bits per heavy atom. The van der Waals surface area contributed by atoms with Gasteiger partial charge in [-0.05, 0) is 36.1 Å². The number of hydrogen-bond donors (Lipinski definition) is 1. The number of fused-ring (bicyclic) bond motifs is 3. The summed E-state index contributed by atoms with van der Waals surface area (Å²) < 4.78 is 11.2. The minimum absolute atomic E-state index is 0.00898. The van der Waals surface area contributed by atoms with E-state index in [1.54, 1.807) is 30.0 Å². The van der Waals surface area contributed by atoms with E-state index in [2.05, 4.69) is 6.07 Å². The third kappa shape index (κ3) is 2.45. The molecule has 1 aliphatic heterocycles. The maximum Gasteiger partial charge on any atom is 0.344 e. The predicted molar refractivity (Wildman–Crippen MR) is 100 cm³/mol. The van der Waals surface area contributed by atoms with Crippen LogP contribution in [0.3, 0.4) is 0 Å². The topological polar surface area (TPSA) is 89.3 Å². The van der Waals surface area contributed by atoms with Gasteiger partial charge in [0.15, 0.2) is 5.75 Å². The van der Waals surface area contributed by atoms with Crippen molar-refractivity contribution in [2.75, 3.05) is 6.26 Å². The molecule has 26 heavy (non-hydrogen) atoms. The largest absolute Gasteiger partial charge is 0.439 e. The van der Waals surface area contributed by atoms with Crippen LogP contribution < -0.4 is 16.1 Å². The first-order chi connectivity index (χ1) is 12.6. The molecule has 0 bridgehead atoms. The smallest absolute Gasteiger partial charge is 0.344 e. The highest BCUT2D eigenvalue weighted by atomic mass is 32.2. The third-order valence-electron chi connectivity index (χ3n) is 4.42. The van der Waals surface area contributed by atoms with Crippen LogP contribution in [0.4, 0.5) is 0 Å². The molecule has 4 rings (SSSR count). The molecule has 0 radical (unpaired) electrons. The molecule has 0 amide bonds. The van der Waals surface area contributed by atoms with Crippen molar-refractivity contribution in [2.45, 2.75) is 10.8 Å². The first-order valence-electron chi connectivity index (χ1n) is 7.91. The fraction of sp³-hybridized carbons (Fsp3) is 0.100. The zero-order valence-electron chi connectivity index (χ0n) is 13.9. The lowest BCUT2D eigenvalue weighted by molar-refractivity contribution is 0.388. The number of hydrogen-bond acceptors (Lipinski definition) is 6. The van der Waals surface area contributed by atoms with Crippen LogP contribution in [0.25, 0.3) is 11.0 Å². The van der Waals surface area contributed by atoms with E-state index < -0.39 is 11.5 Å². The monoisotopic (exact) mass is 362 g/mol. The summed E-state index contributed by atoms with van der Waals surface area (Å²) in [6.07, 6.45) is 1.98. The Bertz CT molecular complexity index is 1140. The van der Waals surface area contributed by atoms with Crippen LogP contribution >= 0.6 is 11.8 Å². The van der Waals surface area contributed by atoms with E-state index in [-0.39, 0.29) is 11.5 Å². The molecule has 128 valence electrons. The van der Waals surface area contributed by atoms with Crippen LogP contribution in [-0.4, -0.2) is 6.26 Å². The second-order valence-electron chi connectivity index (χ2n) is 5.83. The van der Waals surface area contributed by atoms with Crippen molar-refractivity contribution in [3.8, 4) is 11.8 Å². The molecule has 1 aromatic heterocycles. The van der Waals surface area contributed by atoms with E-state index in [4.69, 9.17) is 14.9 Å². The van der Waals surface area contributed by atoms with Crippen LogP contribution in [0.1, 0.15) is 17.0 Å². The van der Waals surface area contributed by atoms with Crippen molar-refractivity contribution >= 4 is 22.7 Å².